The average Bonchev–Trinajstić information content (AvgIpc) is 2.34. The lowest BCUT2D eigenvalue weighted by atomic mass is 10.3. The van der Waals surface area contributed by atoms with E-state index in [-0.39, 0.29) is 5.56 Å². The number of halogens is 1. The van der Waals surface area contributed by atoms with Crippen molar-refractivity contribution >= 4 is 21.6 Å². The summed E-state index contributed by atoms with van der Waals surface area (Å²) in [6.07, 6.45) is 1.71. The fourth-order valence-electron chi connectivity index (χ4n) is 2.11. The van der Waals surface area contributed by atoms with Gasteiger partial charge in [0, 0.05) is 51.2 Å². The third-order valence-electron chi connectivity index (χ3n) is 3.32. The van der Waals surface area contributed by atoms with E-state index in [9.17, 15) is 4.79 Å². The van der Waals surface area contributed by atoms with Gasteiger partial charge in [-0.2, -0.15) is 0 Å². The second-order valence-electron chi connectivity index (χ2n) is 4.76. The van der Waals surface area contributed by atoms with Crippen molar-refractivity contribution < 1.29 is 0 Å². The van der Waals surface area contributed by atoms with Crippen LogP contribution in [0.3, 0.4) is 0 Å². The van der Waals surface area contributed by atoms with E-state index in [1.165, 1.54) is 0 Å². The van der Waals surface area contributed by atoms with Crippen LogP contribution in [0.25, 0.3) is 0 Å². The molecule has 0 unspecified atom stereocenters. The van der Waals surface area contributed by atoms with Crippen LogP contribution in [0.2, 0.25) is 0 Å². The topological polar surface area (TPSA) is 54.5 Å². The largest absolute Gasteiger partial charge is 0.398 e. The van der Waals surface area contributed by atoms with Gasteiger partial charge in [-0.1, -0.05) is 0 Å². The van der Waals surface area contributed by atoms with Crippen LogP contribution in [0, 0.1) is 0 Å². The molecule has 100 valence electrons. The molecule has 0 saturated carbocycles. The third kappa shape index (κ3) is 3.34. The van der Waals surface area contributed by atoms with Gasteiger partial charge >= 0.3 is 0 Å². The molecule has 0 aliphatic carbocycles. The SMILES string of the molecule is CN1CCN(CCn2cc(N)cc(Br)c2=O)CC1. The van der Waals surface area contributed by atoms with Gasteiger partial charge in [0.15, 0.2) is 0 Å². The molecule has 6 heteroatoms. The maximum absolute atomic E-state index is 11.9. The number of hydrogen-bond acceptors (Lipinski definition) is 4. The molecule has 1 saturated heterocycles. The first kappa shape index (κ1) is 13.6. The standard InChI is InChI=1S/C12H19BrN4O/c1-15-2-4-16(5-3-15)6-7-17-9-10(14)8-11(13)12(17)18/h8-9H,2-7,14H2,1H3. The summed E-state index contributed by atoms with van der Waals surface area (Å²) in [5.41, 5.74) is 6.34. The highest BCUT2D eigenvalue weighted by Crippen LogP contribution is 2.08. The smallest absolute Gasteiger partial charge is 0.265 e. The Kier molecular flexibility index (Phi) is 4.42. The molecule has 0 amide bonds. The van der Waals surface area contributed by atoms with Crippen molar-refractivity contribution in [2.75, 3.05) is 45.5 Å². The molecule has 18 heavy (non-hydrogen) atoms. The molecule has 1 aliphatic heterocycles. The number of nitrogens with zero attached hydrogens (tertiary/aromatic N) is 3. The maximum Gasteiger partial charge on any atom is 0.265 e. The van der Waals surface area contributed by atoms with Crippen LogP contribution in [0.5, 0.6) is 0 Å². The molecule has 0 radical (unpaired) electrons. The lowest BCUT2D eigenvalue weighted by Gasteiger charge is -2.32. The summed E-state index contributed by atoms with van der Waals surface area (Å²) in [4.78, 5) is 16.6. The van der Waals surface area contributed by atoms with Crippen molar-refractivity contribution in [2.45, 2.75) is 6.54 Å². The quantitative estimate of drug-likeness (QED) is 0.879. The van der Waals surface area contributed by atoms with Crippen molar-refractivity contribution in [1.82, 2.24) is 14.4 Å². The summed E-state index contributed by atoms with van der Waals surface area (Å²) in [5, 5.41) is 0. The lowest BCUT2D eigenvalue weighted by Crippen LogP contribution is -2.45. The molecular weight excluding hydrogens is 296 g/mol. The number of rotatable bonds is 3. The first-order valence-corrected chi connectivity index (χ1v) is 6.92. The van der Waals surface area contributed by atoms with Crippen LogP contribution in [-0.4, -0.2) is 54.1 Å². The number of nitrogens with two attached hydrogens (primary N) is 1. The Hall–Kier alpha value is -0.850. The van der Waals surface area contributed by atoms with E-state index in [0.717, 1.165) is 32.7 Å². The van der Waals surface area contributed by atoms with Gasteiger partial charge in [-0.25, -0.2) is 0 Å². The first-order valence-electron chi connectivity index (χ1n) is 6.12. The minimum atomic E-state index is -0.0154. The Bertz CT molecular complexity index is 466. The van der Waals surface area contributed by atoms with Gasteiger partial charge in [0.25, 0.3) is 5.56 Å². The minimum absolute atomic E-state index is 0.0154. The van der Waals surface area contributed by atoms with E-state index in [0.29, 0.717) is 16.7 Å². The summed E-state index contributed by atoms with van der Waals surface area (Å²) >= 11 is 3.24. The third-order valence-corrected chi connectivity index (χ3v) is 3.88. The number of likely N-dealkylation sites (N-methyl/N-ethyl adjacent to an activating group) is 1. The Labute approximate surface area is 115 Å². The predicted molar refractivity (Wildman–Crippen MR) is 76.8 cm³/mol. The second-order valence-corrected chi connectivity index (χ2v) is 5.62. The second kappa shape index (κ2) is 5.86. The molecule has 1 fully saturated rings. The van der Waals surface area contributed by atoms with E-state index >= 15 is 0 Å². The molecule has 5 nitrogen and oxygen atoms in total. The van der Waals surface area contributed by atoms with Crippen LogP contribution >= 0.6 is 15.9 Å². The molecule has 0 atom stereocenters. The van der Waals surface area contributed by atoms with E-state index in [2.05, 4.69) is 32.8 Å². The van der Waals surface area contributed by atoms with E-state index in [4.69, 9.17) is 5.73 Å². The summed E-state index contributed by atoms with van der Waals surface area (Å²) in [7, 11) is 2.14. The molecule has 2 heterocycles. The molecule has 1 aromatic heterocycles. The van der Waals surface area contributed by atoms with Crippen molar-refractivity contribution in [3.63, 3.8) is 0 Å². The van der Waals surface area contributed by atoms with E-state index in [1.807, 2.05) is 0 Å². The van der Waals surface area contributed by atoms with Crippen LogP contribution in [0.15, 0.2) is 21.5 Å². The highest BCUT2D eigenvalue weighted by molar-refractivity contribution is 9.10. The summed E-state index contributed by atoms with van der Waals surface area (Å²) in [6, 6.07) is 1.65. The molecule has 0 aromatic carbocycles. The number of anilines is 1. The van der Waals surface area contributed by atoms with Gasteiger partial charge in [0.2, 0.25) is 0 Å². The van der Waals surface area contributed by atoms with Crippen LogP contribution in [-0.2, 0) is 6.54 Å². The normalized spacial score (nSPS) is 18.1. The summed E-state index contributed by atoms with van der Waals surface area (Å²) in [6.45, 7) is 5.89. The Morgan fingerprint density at radius 3 is 2.61 bits per heavy atom. The van der Waals surface area contributed by atoms with E-state index in [1.54, 1.807) is 16.8 Å². The maximum atomic E-state index is 11.9. The van der Waals surface area contributed by atoms with Gasteiger partial charge in [0.1, 0.15) is 0 Å². The van der Waals surface area contributed by atoms with Gasteiger partial charge < -0.3 is 15.2 Å². The highest BCUT2D eigenvalue weighted by Gasteiger charge is 2.13. The van der Waals surface area contributed by atoms with Crippen molar-refractivity contribution in [2.24, 2.45) is 0 Å². The fourth-order valence-corrected chi connectivity index (χ4v) is 2.60. The Balaban J connectivity index is 1.96. The molecule has 1 aliphatic rings. The number of piperazine rings is 1. The van der Waals surface area contributed by atoms with Gasteiger partial charge in [-0.05, 0) is 29.0 Å². The molecule has 0 spiro atoms. The van der Waals surface area contributed by atoms with Crippen LogP contribution in [0.4, 0.5) is 5.69 Å². The highest BCUT2D eigenvalue weighted by atomic mass is 79.9. The van der Waals surface area contributed by atoms with Crippen LogP contribution < -0.4 is 11.3 Å². The zero-order chi connectivity index (χ0) is 13.1. The minimum Gasteiger partial charge on any atom is -0.398 e. The van der Waals surface area contributed by atoms with Crippen LogP contribution in [0.1, 0.15) is 0 Å². The summed E-state index contributed by atoms with van der Waals surface area (Å²) in [5.74, 6) is 0. The molecule has 0 bridgehead atoms. The first-order chi connectivity index (χ1) is 8.56. The number of hydrogen-bond donors (Lipinski definition) is 1. The summed E-state index contributed by atoms with van der Waals surface area (Å²) < 4.78 is 2.21. The lowest BCUT2D eigenvalue weighted by molar-refractivity contribution is 0.149. The van der Waals surface area contributed by atoms with Gasteiger partial charge in [-0.15, -0.1) is 0 Å². The number of nitrogen functional groups attached to an aromatic ring is 1. The zero-order valence-electron chi connectivity index (χ0n) is 10.6. The number of aromatic nitrogens is 1. The van der Waals surface area contributed by atoms with Gasteiger partial charge in [-0.3, -0.25) is 9.69 Å². The molecular formula is C12H19BrN4O. The van der Waals surface area contributed by atoms with Crippen molar-refractivity contribution in [3.8, 4) is 0 Å². The molecule has 1 aromatic rings. The monoisotopic (exact) mass is 314 g/mol. The molecule has 2 rings (SSSR count). The van der Waals surface area contributed by atoms with Crippen molar-refractivity contribution in [1.29, 1.82) is 0 Å². The average molecular weight is 315 g/mol. The Morgan fingerprint density at radius 1 is 1.28 bits per heavy atom. The fraction of sp³-hybridized carbons (Fsp3) is 0.583. The molecule has 2 N–H and O–H groups in total. The Morgan fingerprint density at radius 2 is 1.94 bits per heavy atom. The number of pyridine rings is 1. The van der Waals surface area contributed by atoms with Gasteiger partial charge in [0.05, 0.1) is 4.47 Å². The zero-order valence-corrected chi connectivity index (χ0v) is 12.2. The van der Waals surface area contributed by atoms with E-state index < -0.39 is 0 Å². The predicted octanol–water partition coefficient (Wildman–Crippen LogP) is 0.440. The van der Waals surface area contributed by atoms with Crippen molar-refractivity contribution in [3.05, 3.63) is 27.1 Å².